The SMILES string of the molecule is CC(CNC(=O)CC1(NC(=O)OCC2c3ccccc3-c3ccccc32)CCSCC1)CC(=O)O. The van der Waals surface area contributed by atoms with Gasteiger partial charge in [-0.05, 0) is 52.5 Å². The van der Waals surface area contributed by atoms with Crippen LogP contribution >= 0.6 is 11.8 Å². The number of nitrogens with one attached hydrogen (secondary N) is 2. The topological polar surface area (TPSA) is 105 Å². The first-order valence-corrected chi connectivity index (χ1v) is 13.2. The third-order valence-corrected chi connectivity index (χ3v) is 7.82. The Labute approximate surface area is 210 Å². The van der Waals surface area contributed by atoms with Crippen molar-refractivity contribution in [3.63, 3.8) is 0 Å². The summed E-state index contributed by atoms with van der Waals surface area (Å²) in [4.78, 5) is 36.5. The summed E-state index contributed by atoms with van der Waals surface area (Å²) in [5, 5.41) is 14.8. The third kappa shape index (κ3) is 6.17. The van der Waals surface area contributed by atoms with Crippen LogP contribution in [-0.2, 0) is 14.3 Å². The second-order valence-corrected chi connectivity index (χ2v) is 10.8. The number of carboxylic acids is 1. The van der Waals surface area contributed by atoms with Crippen molar-refractivity contribution in [1.82, 2.24) is 10.6 Å². The number of carbonyl (C=O) groups excluding carboxylic acids is 2. The molecule has 0 spiro atoms. The maximum absolute atomic E-state index is 12.9. The molecule has 2 aromatic carbocycles. The minimum Gasteiger partial charge on any atom is -0.481 e. The van der Waals surface area contributed by atoms with Crippen LogP contribution in [0.1, 0.15) is 49.7 Å². The van der Waals surface area contributed by atoms with Gasteiger partial charge in [0.1, 0.15) is 6.61 Å². The molecule has 1 saturated heterocycles. The van der Waals surface area contributed by atoms with Crippen molar-refractivity contribution >= 4 is 29.7 Å². The number of hydrogen-bond donors (Lipinski definition) is 3. The lowest BCUT2D eigenvalue weighted by Crippen LogP contribution is -2.53. The highest BCUT2D eigenvalue weighted by atomic mass is 32.2. The van der Waals surface area contributed by atoms with Crippen molar-refractivity contribution in [1.29, 1.82) is 0 Å². The fourth-order valence-corrected chi connectivity index (χ4v) is 6.26. The average Bonchev–Trinajstić information content (AvgIpc) is 3.15. The summed E-state index contributed by atoms with van der Waals surface area (Å²) in [5.41, 5.74) is 3.99. The van der Waals surface area contributed by atoms with Gasteiger partial charge >= 0.3 is 12.1 Å². The number of ether oxygens (including phenoxy) is 1. The quantitative estimate of drug-likeness (QED) is 0.475. The molecule has 0 bridgehead atoms. The highest BCUT2D eigenvalue weighted by Crippen LogP contribution is 2.44. The molecule has 1 aliphatic heterocycles. The van der Waals surface area contributed by atoms with E-state index in [-0.39, 0.29) is 37.2 Å². The molecule has 2 amide bonds. The molecule has 1 atom stereocenters. The number of alkyl carbamates (subject to hydrolysis) is 1. The van der Waals surface area contributed by atoms with E-state index in [9.17, 15) is 14.4 Å². The molecule has 2 aliphatic rings. The predicted molar refractivity (Wildman–Crippen MR) is 137 cm³/mol. The molecule has 1 heterocycles. The Morgan fingerprint density at radius 2 is 1.66 bits per heavy atom. The number of hydrogen-bond acceptors (Lipinski definition) is 5. The number of amides is 2. The van der Waals surface area contributed by atoms with Crippen LogP contribution in [0.25, 0.3) is 11.1 Å². The zero-order chi connectivity index (χ0) is 24.8. The molecular formula is C27H32N2O5S. The van der Waals surface area contributed by atoms with Crippen molar-refractivity contribution < 1.29 is 24.2 Å². The number of thioether (sulfide) groups is 1. The van der Waals surface area contributed by atoms with Crippen LogP contribution in [0.15, 0.2) is 48.5 Å². The summed E-state index contributed by atoms with van der Waals surface area (Å²) in [6, 6.07) is 16.4. The van der Waals surface area contributed by atoms with Crippen molar-refractivity contribution in [3.05, 3.63) is 59.7 Å². The Bertz CT molecular complexity index is 1040. The molecule has 186 valence electrons. The van der Waals surface area contributed by atoms with Crippen LogP contribution in [0, 0.1) is 5.92 Å². The number of fused-ring (bicyclic) bond motifs is 3. The lowest BCUT2D eigenvalue weighted by molar-refractivity contribution is -0.138. The first kappa shape index (κ1) is 25.1. The molecule has 1 unspecified atom stereocenters. The van der Waals surface area contributed by atoms with Gasteiger partial charge in [-0.2, -0.15) is 11.8 Å². The molecular weight excluding hydrogens is 464 g/mol. The van der Waals surface area contributed by atoms with Gasteiger partial charge in [0, 0.05) is 25.3 Å². The minimum absolute atomic E-state index is 0.0000621. The normalized spacial score (nSPS) is 17.1. The van der Waals surface area contributed by atoms with Crippen LogP contribution in [-0.4, -0.2) is 53.3 Å². The van der Waals surface area contributed by atoms with Gasteiger partial charge in [0.25, 0.3) is 0 Å². The van der Waals surface area contributed by atoms with E-state index in [1.165, 1.54) is 11.1 Å². The van der Waals surface area contributed by atoms with E-state index in [4.69, 9.17) is 9.84 Å². The van der Waals surface area contributed by atoms with Gasteiger partial charge in [0.2, 0.25) is 5.91 Å². The Balaban J connectivity index is 1.37. The smallest absolute Gasteiger partial charge is 0.407 e. The van der Waals surface area contributed by atoms with Crippen LogP contribution in [0.4, 0.5) is 4.79 Å². The standard InChI is InChI=1S/C27H32N2O5S/c1-18(14-25(31)32)16-28-24(30)15-27(10-12-35-13-11-27)29-26(33)34-17-23-21-8-4-2-6-19(21)20-7-3-5-9-22(20)23/h2-9,18,23H,10-17H2,1H3,(H,28,30)(H,29,33)(H,31,32). The van der Waals surface area contributed by atoms with E-state index in [0.29, 0.717) is 19.4 Å². The molecule has 35 heavy (non-hydrogen) atoms. The minimum atomic E-state index is -0.885. The van der Waals surface area contributed by atoms with Crippen LogP contribution in [0.2, 0.25) is 0 Å². The summed E-state index contributed by atoms with van der Waals surface area (Å²) in [6.45, 7) is 2.31. The molecule has 7 nitrogen and oxygen atoms in total. The van der Waals surface area contributed by atoms with Gasteiger partial charge in [-0.1, -0.05) is 55.5 Å². The summed E-state index contributed by atoms with van der Waals surface area (Å²) >= 11 is 1.81. The fraction of sp³-hybridized carbons (Fsp3) is 0.444. The van der Waals surface area contributed by atoms with E-state index in [0.717, 1.165) is 22.6 Å². The lowest BCUT2D eigenvalue weighted by atomic mass is 9.88. The monoisotopic (exact) mass is 496 g/mol. The highest BCUT2D eigenvalue weighted by Gasteiger charge is 2.37. The van der Waals surface area contributed by atoms with Gasteiger partial charge in [0.05, 0.1) is 5.54 Å². The largest absolute Gasteiger partial charge is 0.481 e. The van der Waals surface area contributed by atoms with Crippen LogP contribution < -0.4 is 10.6 Å². The summed E-state index contributed by atoms with van der Waals surface area (Å²) in [5.74, 6) is 0.450. The van der Waals surface area contributed by atoms with E-state index in [1.807, 2.05) is 24.3 Å². The number of carboxylic acid groups (broad SMARTS) is 1. The van der Waals surface area contributed by atoms with Gasteiger partial charge in [0.15, 0.2) is 0 Å². The first-order chi connectivity index (χ1) is 16.9. The van der Waals surface area contributed by atoms with Crippen molar-refractivity contribution in [3.8, 4) is 11.1 Å². The molecule has 1 fully saturated rings. The van der Waals surface area contributed by atoms with Crippen molar-refractivity contribution in [2.75, 3.05) is 24.7 Å². The van der Waals surface area contributed by atoms with Crippen LogP contribution in [0.5, 0.6) is 0 Å². The molecule has 3 N–H and O–H groups in total. The number of rotatable bonds is 9. The van der Waals surface area contributed by atoms with Crippen molar-refractivity contribution in [2.24, 2.45) is 5.92 Å². The molecule has 2 aromatic rings. The molecule has 0 saturated carbocycles. The molecule has 1 aliphatic carbocycles. The van der Waals surface area contributed by atoms with E-state index in [1.54, 1.807) is 18.7 Å². The Morgan fingerprint density at radius 1 is 1.06 bits per heavy atom. The number of aliphatic carboxylic acids is 1. The number of benzene rings is 2. The Morgan fingerprint density at radius 3 is 2.26 bits per heavy atom. The first-order valence-electron chi connectivity index (χ1n) is 12.1. The van der Waals surface area contributed by atoms with Gasteiger partial charge in [-0.15, -0.1) is 0 Å². The summed E-state index contributed by atoms with van der Waals surface area (Å²) in [6.07, 6.45) is 1.00. The second kappa shape index (κ2) is 11.2. The van der Waals surface area contributed by atoms with E-state index < -0.39 is 17.6 Å². The number of carbonyl (C=O) groups is 3. The zero-order valence-electron chi connectivity index (χ0n) is 19.9. The average molecular weight is 497 g/mol. The highest BCUT2D eigenvalue weighted by molar-refractivity contribution is 7.99. The van der Waals surface area contributed by atoms with Gasteiger partial charge < -0.3 is 20.5 Å². The van der Waals surface area contributed by atoms with E-state index >= 15 is 0 Å². The van der Waals surface area contributed by atoms with E-state index in [2.05, 4.69) is 34.9 Å². The van der Waals surface area contributed by atoms with Crippen LogP contribution in [0.3, 0.4) is 0 Å². The van der Waals surface area contributed by atoms with Crippen molar-refractivity contribution in [2.45, 2.75) is 44.1 Å². The second-order valence-electron chi connectivity index (χ2n) is 9.53. The zero-order valence-corrected chi connectivity index (χ0v) is 20.7. The van der Waals surface area contributed by atoms with Gasteiger partial charge in [-0.3, -0.25) is 9.59 Å². The summed E-state index contributed by atoms with van der Waals surface area (Å²) < 4.78 is 5.74. The molecule has 0 radical (unpaired) electrons. The molecule has 8 heteroatoms. The molecule has 0 aromatic heterocycles. The Hall–Kier alpha value is -3.00. The predicted octanol–water partition coefficient (Wildman–Crippen LogP) is 4.41. The Kier molecular flexibility index (Phi) is 8.00. The fourth-order valence-electron chi connectivity index (χ4n) is 4.99. The maximum atomic E-state index is 12.9. The maximum Gasteiger partial charge on any atom is 0.407 e. The lowest BCUT2D eigenvalue weighted by Gasteiger charge is -2.37. The molecule has 4 rings (SSSR count). The third-order valence-electron chi connectivity index (χ3n) is 6.83. The summed E-state index contributed by atoms with van der Waals surface area (Å²) in [7, 11) is 0. The van der Waals surface area contributed by atoms with Gasteiger partial charge in [-0.25, -0.2) is 4.79 Å².